The number of aryl methyl sites for hydroxylation is 1. The lowest BCUT2D eigenvalue weighted by atomic mass is 10.1. The Morgan fingerprint density at radius 3 is 2.52 bits per heavy atom. The molecule has 0 fully saturated rings. The average Bonchev–Trinajstić information content (AvgIpc) is 2.67. The molecule has 0 atom stereocenters. The lowest BCUT2D eigenvalue weighted by Crippen LogP contribution is -2.15. The number of H-pyrrole nitrogens is 1. The first-order valence-electron chi connectivity index (χ1n) is 7.93. The number of carbonyl (C=O) groups excluding carboxylic acids is 2. The molecule has 8 heteroatoms. The molecular formula is C19H15FN2O5. The van der Waals surface area contributed by atoms with Gasteiger partial charge in [-0.25, -0.2) is 19.0 Å². The number of aromatic amines is 1. The van der Waals surface area contributed by atoms with Crippen LogP contribution in [0.1, 0.15) is 32.1 Å². The van der Waals surface area contributed by atoms with Gasteiger partial charge in [0.15, 0.2) is 0 Å². The second-order valence-electron chi connectivity index (χ2n) is 5.78. The number of esters is 2. The molecule has 0 spiro atoms. The largest absolute Gasteiger partial charge is 0.465 e. The second kappa shape index (κ2) is 7.36. The minimum Gasteiger partial charge on any atom is -0.465 e. The third kappa shape index (κ3) is 3.84. The van der Waals surface area contributed by atoms with Gasteiger partial charge >= 0.3 is 11.9 Å². The quantitative estimate of drug-likeness (QED) is 0.709. The van der Waals surface area contributed by atoms with E-state index in [-0.39, 0.29) is 34.5 Å². The number of ether oxygens (including phenoxy) is 2. The highest BCUT2D eigenvalue weighted by atomic mass is 19.1. The van der Waals surface area contributed by atoms with E-state index in [9.17, 15) is 18.8 Å². The summed E-state index contributed by atoms with van der Waals surface area (Å²) in [5.41, 5.74) is 0.516. The molecule has 0 aliphatic carbocycles. The Bertz CT molecular complexity index is 1110. The van der Waals surface area contributed by atoms with E-state index in [0.29, 0.717) is 5.56 Å². The summed E-state index contributed by atoms with van der Waals surface area (Å²) in [6.45, 7) is 1.26. The number of carbonyl (C=O) groups is 2. The minimum absolute atomic E-state index is 0.0502. The molecule has 3 rings (SSSR count). The van der Waals surface area contributed by atoms with Crippen molar-refractivity contribution in [2.45, 2.75) is 13.5 Å². The molecule has 0 amide bonds. The second-order valence-corrected chi connectivity index (χ2v) is 5.78. The number of fused-ring (bicyclic) bond motifs is 1. The van der Waals surface area contributed by atoms with Gasteiger partial charge in [0.05, 0.1) is 29.1 Å². The summed E-state index contributed by atoms with van der Waals surface area (Å²) < 4.78 is 23.3. The highest BCUT2D eigenvalue weighted by Gasteiger charge is 2.13. The fourth-order valence-electron chi connectivity index (χ4n) is 2.44. The lowest BCUT2D eigenvalue weighted by Gasteiger charge is -2.07. The number of nitrogens with one attached hydrogen (secondary N) is 1. The Balaban J connectivity index is 1.83. The van der Waals surface area contributed by atoms with Gasteiger partial charge in [0, 0.05) is 0 Å². The number of nitrogens with zero attached hydrogens (tertiary/aromatic N) is 1. The van der Waals surface area contributed by atoms with E-state index in [1.807, 2.05) is 0 Å². The van der Waals surface area contributed by atoms with E-state index in [0.717, 1.165) is 6.07 Å². The van der Waals surface area contributed by atoms with Gasteiger partial charge in [-0.15, -0.1) is 0 Å². The molecule has 7 nitrogen and oxygen atoms in total. The van der Waals surface area contributed by atoms with Crippen molar-refractivity contribution in [2.75, 3.05) is 7.11 Å². The maximum atomic E-state index is 13.6. The zero-order chi connectivity index (χ0) is 19.6. The molecule has 0 radical (unpaired) electrons. The van der Waals surface area contributed by atoms with Gasteiger partial charge in [0.2, 0.25) is 0 Å². The van der Waals surface area contributed by atoms with Gasteiger partial charge in [0.1, 0.15) is 18.2 Å². The van der Waals surface area contributed by atoms with E-state index in [1.54, 1.807) is 6.92 Å². The number of aromatic nitrogens is 2. The maximum Gasteiger partial charge on any atom is 0.338 e. The number of hydrogen-bond donors (Lipinski definition) is 1. The van der Waals surface area contributed by atoms with Gasteiger partial charge in [-0.2, -0.15) is 0 Å². The molecule has 3 aromatic rings. The van der Waals surface area contributed by atoms with Crippen LogP contribution >= 0.6 is 0 Å². The number of halogens is 1. The van der Waals surface area contributed by atoms with Crippen LogP contribution in [0.4, 0.5) is 4.39 Å². The van der Waals surface area contributed by atoms with Crippen molar-refractivity contribution < 1.29 is 23.5 Å². The van der Waals surface area contributed by atoms with Crippen molar-refractivity contribution in [3.63, 3.8) is 0 Å². The standard InChI is InChI=1S/C19H15FN2O5/c1-10-3-4-11(7-14(10)20)19(25)27-9-16-21-15-8-12(18(24)26-2)5-6-13(15)17(23)22-16/h3-8H,9H2,1-2H3,(H,21,22,23). The van der Waals surface area contributed by atoms with E-state index in [2.05, 4.69) is 14.7 Å². The first-order valence-corrected chi connectivity index (χ1v) is 7.93. The Labute approximate surface area is 152 Å². The van der Waals surface area contributed by atoms with Crippen LogP contribution in [0.3, 0.4) is 0 Å². The fraction of sp³-hybridized carbons (Fsp3) is 0.158. The molecule has 1 aromatic heterocycles. The Morgan fingerprint density at radius 1 is 1.11 bits per heavy atom. The normalized spacial score (nSPS) is 10.6. The van der Waals surface area contributed by atoms with Crippen LogP contribution in [0.2, 0.25) is 0 Å². The van der Waals surface area contributed by atoms with Crippen molar-refractivity contribution in [3.05, 3.63) is 75.1 Å². The first-order chi connectivity index (χ1) is 12.9. The zero-order valence-electron chi connectivity index (χ0n) is 14.5. The number of hydrogen-bond acceptors (Lipinski definition) is 6. The number of methoxy groups -OCH3 is 1. The molecule has 0 unspecified atom stereocenters. The van der Waals surface area contributed by atoms with Gasteiger partial charge in [-0.1, -0.05) is 6.07 Å². The average molecular weight is 370 g/mol. The molecule has 2 aromatic carbocycles. The van der Waals surface area contributed by atoms with Gasteiger partial charge < -0.3 is 14.5 Å². The van der Waals surface area contributed by atoms with E-state index >= 15 is 0 Å². The Morgan fingerprint density at radius 2 is 1.81 bits per heavy atom. The SMILES string of the molecule is COC(=O)c1ccc2c(=O)[nH]c(COC(=O)c3ccc(C)c(F)c3)nc2c1. The smallest absolute Gasteiger partial charge is 0.338 e. The monoisotopic (exact) mass is 370 g/mol. The summed E-state index contributed by atoms with van der Waals surface area (Å²) >= 11 is 0. The Hall–Kier alpha value is -3.55. The van der Waals surface area contributed by atoms with Crippen LogP contribution in [-0.4, -0.2) is 29.0 Å². The summed E-state index contributed by atoms with van der Waals surface area (Å²) in [5.74, 6) is -1.74. The number of rotatable bonds is 4. The summed E-state index contributed by atoms with van der Waals surface area (Å²) in [5, 5.41) is 0.276. The molecule has 0 saturated carbocycles. The molecule has 1 N–H and O–H groups in total. The van der Waals surface area contributed by atoms with Crippen molar-refractivity contribution in [1.29, 1.82) is 0 Å². The third-order valence-electron chi connectivity index (χ3n) is 3.92. The summed E-state index contributed by atoms with van der Waals surface area (Å²) in [6, 6.07) is 8.32. The van der Waals surface area contributed by atoms with Crippen molar-refractivity contribution in [3.8, 4) is 0 Å². The lowest BCUT2D eigenvalue weighted by molar-refractivity contribution is 0.0461. The van der Waals surface area contributed by atoms with Gasteiger partial charge in [0.25, 0.3) is 5.56 Å². The van der Waals surface area contributed by atoms with Gasteiger partial charge in [-0.05, 0) is 42.8 Å². The van der Waals surface area contributed by atoms with Crippen LogP contribution < -0.4 is 5.56 Å². The van der Waals surface area contributed by atoms with Crippen LogP contribution in [0, 0.1) is 12.7 Å². The zero-order valence-corrected chi connectivity index (χ0v) is 14.5. The van der Waals surface area contributed by atoms with Crippen LogP contribution in [0.15, 0.2) is 41.2 Å². The minimum atomic E-state index is -0.750. The van der Waals surface area contributed by atoms with Crippen LogP contribution in [-0.2, 0) is 16.1 Å². The maximum absolute atomic E-state index is 13.6. The molecular weight excluding hydrogens is 355 g/mol. The van der Waals surface area contributed by atoms with Gasteiger partial charge in [-0.3, -0.25) is 4.79 Å². The predicted molar refractivity (Wildman–Crippen MR) is 94.0 cm³/mol. The topological polar surface area (TPSA) is 98.4 Å². The molecule has 0 aliphatic heterocycles. The number of benzene rings is 2. The summed E-state index contributed by atoms with van der Waals surface area (Å²) in [7, 11) is 1.25. The molecule has 27 heavy (non-hydrogen) atoms. The van der Waals surface area contributed by atoms with Crippen molar-refractivity contribution in [1.82, 2.24) is 9.97 Å². The molecule has 0 aliphatic rings. The predicted octanol–water partition coefficient (Wildman–Crippen LogP) is 2.51. The highest BCUT2D eigenvalue weighted by molar-refractivity contribution is 5.94. The van der Waals surface area contributed by atoms with E-state index in [1.165, 1.54) is 37.4 Å². The van der Waals surface area contributed by atoms with Crippen molar-refractivity contribution >= 4 is 22.8 Å². The fourth-order valence-corrected chi connectivity index (χ4v) is 2.44. The first kappa shape index (κ1) is 18.2. The molecule has 0 saturated heterocycles. The van der Waals surface area contributed by atoms with Crippen LogP contribution in [0.25, 0.3) is 10.9 Å². The van der Waals surface area contributed by atoms with E-state index < -0.39 is 23.3 Å². The van der Waals surface area contributed by atoms with Crippen molar-refractivity contribution in [2.24, 2.45) is 0 Å². The summed E-state index contributed by atoms with van der Waals surface area (Å²) in [4.78, 5) is 42.5. The van der Waals surface area contributed by atoms with Crippen LogP contribution in [0.5, 0.6) is 0 Å². The molecule has 0 bridgehead atoms. The van der Waals surface area contributed by atoms with E-state index in [4.69, 9.17) is 4.74 Å². The Kier molecular flexibility index (Phi) is 4.98. The highest BCUT2D eigenvalue weighted by Crippen LogP contribution is 2.13. The molecule has 138 valence electrons. The molecule has 1 heterocycles. The summed E-state index contributed by atoms with van der Waals surface area (Å²) in [6.07, 6.45) is 0. The third-order valence-corrected chi connectivity index (χ3v) is 3.92.